The molecule has 0 bridgehead atoms. The van der Waals surface area contributed by atoms with E-state index < -0.39 is 0 Å². The Labute approximate surface area is 193 Å². The topological polar surface area (TPSA) is 52.6 Å². The zero-order chi connectivity index (χ0) is 23.3. The van der Waals surface area contributed by atoms with E-state index in [0.29, 0.717) is 18.8 Å². The molecule has 0 aromatic heterocycles. The van der Waals surface area contributed by atoms with E-state index in [4.69, 9.17) is 9.47 Å². The number of carbonyl (C=O) groups is 2. The van der Waals surface area contributed by atoms with Gasteiger partial charge in [-0.25, -0.2) is 0 Å². The van der Waals surface area contributed by atoms with Crippen molar-refractivity contribution >= 4 is 11.9 Å². The van der Waals surface area contributed by atoms with Crippen molar-refractivity contribution in [3.05, 3.63) is 0 Å². The molecular formula is C27H52O4. The molecule has 1 unspecified atom stereocenters. The highest BCUT2D eigenvalue weighted by atomic mass is 16.5. The molecule has 0 N–H and O–H groups in total. The zero-order valence-electron chi connectivity index (χ0n) is 21.4. The normalized spacial score (nSPS) is 12.4. The van der Waals surface area contributed by atoms with Gasteiger partial charge < -0.3 is 9.47 Å². The van der Waals surface area contributed by atoms with E-state index in [2.05, 4.69) is 6.92 Å². The van der Waals surface area contributed by atoms with E-state index in [1.54, 1.807) is 0 Å². The first-order chi connectivity index (χ1) is 14.8. The highest BCUT2D eigenvalue weighted by molar-refractivity contribution is 5.69. The van der Waals surface area contributed by atoms with Gasteiger partial charge >= 0.3 is 11.9 Å². The van der Waals surface area contributed by atoms with Gasteiger partial charge in [0.05, 0.1) is 12.2 Å². The second-order valence-electron chi connectivity index (χ2n) is 9.86. The molecule has 0 aromatic rings. The second-order valence-corrected chi connectivity index (χ2v) is 9.86. The van der Waals surface area contributed by atoms with Crippen LogP contribution in [0.3, 0.4) is 0 Å². The van der Waals surface area contributed by atoms with Crippen LogP contribution in [0, 0.1) is 5.92 Å². The number of unbranched alkanes of at least 4 members (excludes halogenated alkanes) is 12. The third kappa shape index (κ3) is 23.4. The predicted octanol–water partition coefficient (Wildman–Crippen LogP) is 8.16. The van der Waals surface area contributed by atoms with E-state index in [1.807, 2.05) is 27.7 Å². The molecule has 184 valence electrons. The van der Waals surface area contributed by atoms with E-state index in [9.17, 15) is 9.59 Å². The number of hydrogen-bond acceptors (Lipinski definition) is 4. The molecule has 0 fully saturated rings. The number of carbonyl (C=O) groups excluding carboxylic acids is 2. The van der Waals surface area contributed by atoms with Crippen LogP contribution in [0.1, 0.15) is 144 Å². The largest absolute Gasteiger partial charge is 0.463 e. The van der Waals surface area contributed by atoms with E-state index in [0.717, 1.165) is 19.3 Å². The molecule has 4 nitrogen and oxygen atoms in total. The van der Waals surface area contributed by atoms with Crippen molar-refractivity contribution in [2.75, 3.05) is 0 Å². The smallest absolute Gasteiger partial charge is 0.306 e. The van der Waals surface area contributed by atoms with Crippen LogP contribution < -0.4 is 0 Å². The first-order valence-electron chi connectivity index (χ1n) is 13.2. The van der Waals surface area contributed by atoms with Gasteiger partial charge in [-0.1, -0.05) is 90.4 Å². The van der Waals surface area contributed by atoms with Gasteiger partial charge in [-0.2, -0.15) is 0 Å². The Morgan fingerprint density at radius 2 is 0.839 bits per heavy atom. The molecule has 1 atom stereocenters. The van der Waals surface area contributed by atoms with Crippen molar-refractivity contribution in [2.24, 2.45) is 5.92 Å². The molecule has 0 aliphatic carbocycles. The Hall–Kier alpha value is -1.06. The predicted molar refractivity (Wildman–Crippen MR) is 130 cm³/mol. The van der Waals surface area contributed by atoms with Gasteiger partial charge in [-0.05, 0) is 46.5 Å². The van der Waals surface area contributed by atoms with Crippen LogP contribution in [0.2, 0.25) is 0 Å². The summed E-state index contributed by atoms with van der Waals surface area (Å²) in [6.45, 7) is 9.86. The third-order valence-electron chi connectivity index (χ3n) is 5.65. The molecule has 0 aromatic carbocycles. The van der Waals surface area contributed by atoms with Crippen molar-refractivity contribution in [3.8, 4) is 0 Å². The summed E-state index contributed by atoms with van der Waals surface area (Å²) in [5.41, 5.74) is 0. The lowest BCUT2D eigenvalue weighted by Gasteiger charge is -2.12. The molecule has 0 saturated carbocycles. The van der Waals surface area contributed by atoms with E-state index >= 15 is 0 Å². The minimum absolute atomic E-state index is 0.000971. The Kier molecular flexibility index (Phi) is 20.1. The lowest BCUT2D eigenvalue weighted by molar-refractivity contribution is -0.148. The highest BCUT2D eigenvalue weighted by Crippen LogP contribution is 2.17. The summed E-state index contributed by atoms with van der Waals surface area (Å²) in [6, 6.07) is 0. The van der Waals surface area contributed by atoms with Crippen molar-refractivity contribution in [1.29, 1.82) is 0 Å². The lowest BCUT2D eigenvalue weighted by Crippen LogP contribution is -2.12. The lowest BCUT2D eigenvalue weighted by atomic mass is 9.97. The summed E-state index contributed by atoms with van der Waals surface area (Å²) >= 11 is 0. The SMILES string of the molecule is CC(CCCCCCCCCCCCCCCC(=O)OC(C)C)CCC(=O)OC(C)C. The van der Waals surface area contributed by atoms with Crippen LogP contribution in [0.5, 0.6) is 0 Å². The van der Waals surface area contributed by atoms with Gasteiger partial charge in [0.25, 0.3) is 0 Å². The first-order valence-corrected chi connectivity index (χ1v) is 13.2. The summed E-state index contributed by atoms with van der Waals surface area (Å²) in [7, 11) is 0. The van der Waals surface area contributed by atoms with Gasteiger partial charge in [0, 0.05) is 12.8 Å². The molecule has 0 spiro atoms. The fourth-order valence-corrected chi connectivity index (χ4v) is 3.86. The maximum Gasteiger partial charge on any atom is 0.306 e. The summed E-state index contributed by atoms with van der Waals surface area (Å²) in [4.78, 5) is 23.0. The maximum atomic E-state index is 11.6. The Morgan fingerprint density at radius 1 is 0.484 bits per heavy atom. The van der Waals surface area contributed by atoms with Crippen LogP contribution in [0.15, 0.2) is 0 Å². The molecular weight excluding hydrogens is 388 g/mol. The molecule has 31 heavy (non-hydrogen) atoms. The molecule has 0 saturated heterocycles. The van der Waals surface area contributed by atoms with E-state index in [1.165, 1.54) is 77.0 Å². The average molecular weight is 441 g/mol. The summed E-state index contributed by atoms with van der Waals surface area (Å²) < 4.78 is 10.3. The van der Waals surface area contributed by atoms with Crippen molar-refractivity contribution < 1.29 is 19.1 Å². The van der Waals surface area contributed by atoms with Gasteiger partial charge in [-0.3, -0.25) is 9.59 Å². The van der Waals surface area contributed by atoms with Gasteiger partial charge in [0.15, 0.2) is 0 Å². The Bertz CT molecular complexity index is 431. The molecule has 0 aliphatic rings. The Morgan fingerprint density at radius 3 is 1.26 bits per heavy atom. The van der Waals surface area contributed by atoms with Crippen LogP contribution in [-0.2, 0) is 19.1 Å². The van der Waals surface area contributed by atoms with Crippen molar-refractivity contribution in [3.63, 3.8) is 0 Å². The monoisotopic (exact) mass is 440 g/mol. The van der Waals surface area contributed by atoms with Gasteiger partial charge in [0.2, 0.25) is 0 Å². The molecule has 0 heterocycles. The van der Waals surface area contributed by atoms with Crippen molar-refractivity contribution in [2.45, 2.75) is 156 Å². The maximum absolute atomic E-state index is 11.6. The Balaban J connectivity index is 3.26. The third-order valence-corrected chi connectivity index (χ3v) is 5.65. The standard InChI is InChI=1S/C27H52O4/c1-23(2)30-26(28)20-18-16-14-12-10-8-6-7-9-11-13-15-17-19-25(5)21-22-27(29)31-24(3)4/h23-25H,6-22H2,1-5H3. The molecule has 0 rings (SSSR count). The molecule has 0 aliphatic heterocycles. The number of esters is 2. The highest BCUT2D eigenvalue weighted by Gasteiger charge is 2.09. The first kappa shape index (κ1) is 29.9. The molecule has 0 amide bonds. The van der Waals surface area contributed by atoms with Crippen LogP contribution in [0.4, 0.5) is 0 Å². The molecule has 4 heteroatoms. The number of hydrogen-bond donors (Lipinski definition) is 0. The van der Waals surface area contributed by atoms with E-state index in [-0.39, 0.29) is 24.1 Å². The number of ether oxygens (including phenoxy) is 2. The van der Waals surface area contributed by atoms with Crippen LogP contribution in [0.25, 0.3) is 0 Å². The zero-order valence-corrected chi connectivity index (χ0v) is 21.4. The minimum Gasteiger partial charge on any atom is -0.463 e. The average Bonchev–Trinajstić information content (AvgIpc) is 2.68. The van der Waals surface area contributed by atoms with Gasteiger partial charge in [-0.15, -0.1) is 0 Å². The summed E-state index contributed by atoms with van der Waals surface area (Å²) in [5.74, 6) is 0.521. The number of rotatable bonds is 21. The van der Waals surface area contributed by atoms with Crippen LogP contribution in [-0.4, -0.2) is 24.1 Å². The minimum atomic E-state index is -0.0504. The second kappa shape index (κ2) is 20.8. The quantitative estimate of drug-likeness (QED) is 0.133. The summed E-state index contributed by atoms with van der Waals surface area (Å²) in [6.07, 6.45) is 20.1. The van der Waals surface area contributed by atoms with Crippen LogP contribution >= 0.6 is 0 Å². The van der Waals surface area contributed by atoms with Gasteiger partial charge in [0.1, 0.15) is 0 Å². The fourth-order valence-electron chi connectivity index (χ4n) is 3.86. The molecule has 0 radical (unpaired) electrons. The van der Waals surface area contributed by atoms with Crippen molar-refractivity contribution in [1.82, 2.24) is 0 Å². The summed E-state index contributed by atoms with van der Waals surface area (Å²) in [5, 5.41) is 0. The fraction of sp³-hybridized carbons (Fsp3) is 0.926.